The summed E-state index contributed by atoms with van der Waals surface area (Å²) in [5.74, 6) is 0.916. The van der Waals surface area contributed by atoms with Crippen LogP contribution in [-0.4, -0.2) is 47.9 Å². The Kier molecular flexibility index (Phi) is 7.07. The predicted octanol–water partition coefficient (Wildman–Crippen LogP) is 4.46. The standard InChI is InChI=1S/C25H30N2O3S/c1-2-14-26(25(29)19-8-6-7-9-19)17-24(28)27-15-12-23-21(13-16-31-23)22(27)18-30-20-10-4-3-5-11-20/h2-5,10-11,13,16,19,22H,1,6-9,12,14-15,17-18H2. The van der Waals surface area contributed by atoms with Gasteiger partial charge in [0, 0.05) is 23.9 Å². The molecule has 5 nitrogen and oxygen atoms in total. The number of hydrogen-bond acceptors (Lipinski definition) is 4. The number of benzene rings is 1. The average molecular weight is 439 g/mol. The zero-order valence-corrected chi connectivity index (χ0v) is 18.7. The molecular weight excluding hydrogens is 408 g/mol. The van der Waals surface area contributed by atoms with Gasteiger partial charge in [-0.25, -0.2) is 0 Å². The second kappa shape index (κ2) is 10.1. The van der Waals surface area contributed by atoms with E-state index in [-0.39, 0.29) is 30.3 Å². The minimum absolute atomic E-state index is 0.0216. The molecule has 6 heteroatoms. The Morgan fingerprint density at radius 3 is 2.71 bits per heavy atom. The molecule has 4 rings (SSSR count). The van der Waals surface area contributed by atoms with E-state index in [1.54, 1.807) is 22.3 Å². The molecule has 0 spiro atoms. The summed E-state index contributed by atoms with van der Waals surface area (Å²) in [5, 5.41) is 2.09. The molecule has 0 N–H and O–H groups in total. The molecule has 0 radical (unpaired) electrons. The molecule has 1 aromatic carbocycles. The molecule has 1 atom stereocenters. The molecule has 2 aromatic rings. The van der Waals surface area contributed by atoms with Gasteiger partial charge in [-0.1, -0.05) is 37.1 Å². The second-order valence-electron chi connectivity index (χ2n) is 8.26. The molecule has 164 valence electrons. The van der Waals surface area contributed by atoms with Crippen LogP contribution in [0.1, 0.15) is 42.2 Å². The van der Waals surface area contributed by atoms with Gasteiger partial charge in [0.2, 0.25) is 11.8 Å². The highest BCUT2D eigenvalue weighted by atomic mass is 32.1. The fraction of sp³-hybridized carbons (Fsp3) is 0.440. The maximum Gasteiger partial charge on any atom is 0.242 e. The Morgan fingerprint density at radius 1 is 1.19 bits per heavy atom. The summed E-state index contributed by atoms with van der Waals surface area (Å²) in [6.45, 7) is 5.35. The fourth-order valence-electron chi connectivity index (χ4n) is 4.64. The van der Waals surface area contributed by atoms with Crippen LogP contribution in [-0.2, 0) is 16.0 Å². The van der Waals surface area contributed by atoms with Crippen molar-refractivity contribution in [1.82, 2.24) is 9.80 Å². The van der Waals surface area contributed by atoms with Gasteiger partial charge < -0.3 is 14.5 Å². The smallest absolute Gasteiger partial charge is 0.242 e. The van der Waals surface area contributed by atoms with Crippen LogP contribution in [0.25, 0.3) is 0 Å². The molecule has 1 aromatic heterocycles. The monoisotopic (exact) mass is 438 g/mol. The van der Waals surface area contributed by atoms with Crippen LogP contribution in [0, 0.1) is 5.92 Å². The summed E-state index contributed by atoms with van der Waals surface area (Å²) in [6.07, 6.45) is 6.60. The molecule has 2 aliphatic rings. The fourth-order valence-corrected chi connectivity index (χ4v) is 5.57. The Morgan fingerprint density at radius 2 is 1.97 bits per heavy atom. The lowest BCUT2D eigenvalue weighted by Gasteiger charge is -2.37. The zero-order chi connectivity index (χ0) is 21.6. The highest BCUT2D eigenvalue weighted by Gasteiger charge is 2.34. The first-order valence-electron chi connectivity index (χ1n) is 11.1. The van der Waals surface area contributed by atoms with Crippen molar-refractivity contribution in [3.8, 4) is 5.75 Å². The molecule has 1 aliphatic heterocycles. The summed E-state index contributed by atoms with van der Waals surface area (Å²) in [6, 6.07) is 11.6. The van der Waals surface area contributed by atoms with Crippen LogP contribution in [0.15, 0.2) is 54.4 Å². The zero-order valence-electron chi connectivity index (χ0n) is 17.9. The Labute approximate surface area is 188 Å². The van der Waals surface area contributed by atoms with E-state index in [0.29, 0.717) is 19.7 Å². The van der Waals surface area contributed by atoms with Crippen molar-refractivity contribution < 1.29 is 14.3 Å². The predicted molar refractivity (Wildman–Crippen MR) is 123 cm³/mol. The number of amides is 2. The summed E-state index contributed by atoms with van der Waals surface area (Å²) >= 11 is 1.74. The summed E-state index contributed by atoms with van der Waals surface area (Å²) in [7, 11) is 0. The van der Waals surface area contributed by atoms with E-state index in [2.05, 4.69) is 18.0 Å². The van der Waals surface area contributed by atoms with E-state index in [4.69, 9.17) is 4.74 Å². The quantitative estimate of drug-likeness (QED) is 0.572. The molecule has 2 amide bonds. The third kappa shape index (κ3) is 5.01. The maximum atomic E-state index is 13.4. The van der Waals surface area contributed by atoms with Gasteiger partial charge in [0.15, 0.2) is 0 Å². The lowest BCUT2D eigenvalue weighted by molar-refractivity contribution is -0.144. The first kappa shape index (κ1) is 21.6. The normalized spacial score (nSPS) is 18.5. The van der Waals surface area contributed by atoms with E-state index in [0.717, 1.165) is 43.4 Å². The summed E-state index contributed by atoms with van der Waals surface area (Å²) < 4.78 is 6.05. The number of para-hydroxylation sites is 1. The largest absolute Gasteiger partial charge is 0.491 e. The van der Waals surface area contributed by atoms with Crippen LogP contribution >= 0.6 is 11.3 Å². The molecule has 1 aliphatic carbocycles. The number of thiophene rings is 1. The van der Waals surface area contributed by atoms with Crippen molar-refractivity contribution in [3.63, 3.8) is 0 Å². The lowest BCUT2D eigenvalue weighted by Crippen LogP contribution is -2.48. The number of ether oxygens (including phenoxy) is 1. The lowest BCUT2D eigenvalue weighted by atomic mass is 10.00. The average Bonchev–Trinajstić information content (AvgIpc) is 3.49. The highest BCUT2D eigenvalue weighted by molar-refractivity contribution is 7.10. The molecular formula is C25H30N2O3S. The van der Waals surface area contributed by atoms with Gasteiger partial charge in [0.1, 0.15) is 18.9 Å². The first-order valence-corrected chi connectivity index (χ1v) is 12.0. The Hall–Kier alpha value is -2.60. The molecule has 31 heavy (non-hydrogen) atoms. The third-order valence-electron chi connectivity index (χ3n) is 6.26. The van der Waals surface area contributed by atoms with Crippen molar-refractivity contribution in [2.75, 3.05) is 26.2 Å². The highest BCUT2D eigenvalue weighted by Crippen LogP contribution is 2.34. The minimum Gasteiger partial charge on any atom is -0.491 e. The molecule has 1 unspecified atom stereocenters. The van der Waals surface area contributed by atoms with Gasteiger partial charge in [0.25, 0.3) is 0 Å². The van der Waals surface area contributed by atoms with E-state index < -0.39 is 0 Å². The Balaban J connectivity index is 1.48. The number of rotatable bonds is 8. The minimum atomic E-state index is -0.144. The van der Waals surface area contributed by atoms with Crippen LogP contribution in [0.4, 0.5) is 0 Å². The van der Waals surface area contributed by atoms with Crippen LogP contribution < -0.4 is 4.74 Å². The van der Waals surface area contributed by atoms with Gasteiger partial charge in [-0.05, 0) is 48.4 Å². The number of carbonyl (C=O) groups is 2. The van der Waals surface area contributed by atoms with Crippen molar-refractivity contribution in [3.05, 3.63) is 64.9 Å². The van der Waals surface area contributed by atoms with Gasteiger partial charge in [-0.2, -0.15) is 0 Å². The topological polar surface area (TPSA) is 49.9 Å². The summed E-state index contributed by atoms with van der Waals surface area (Å²) in [4.78, 5) is 31.3. The van der Waals surface area contributed by atoms with Gasteiger partial charge in [0.05, 0.1) is 6.04 Å². The van der Waals surface area contributed by atoms with Crippen molar-refractivity contribution in [1.29, 1.82) is 0 Å². The van der Waals surface area contributed by atoms with E-state index >= 15 is 0 Å². The maximum absolute atomic E-state index is 13.4. The van der Waals surface area contributed by atoms with Gasteiger partial charge >= 0.3 is 0 Å². The van der Waals surface area contributed by atoms with E-state index in [1.807, 2.05) is 35.2 Å². The van der Waals surface area contributed by atoms with E-state index in [1.165, 1.54) is 4.88 Å². The molecule has 1 fully saturated rings. The number of carbonyl (C=O) groups excluding carboxylic acids is 2. The SMILES string of the molecule is C=CCN(CC(=O)N1CCc2sccc2C1COc1ccccc1)C(=O)C1CCCC1. The van der Waals surface area contributed by atoms with Gasteiger partial charge in [-0.3, -0.25) is 9.59 Å². The van der Waals surface area contributed by atoms with Crippen molar-refractivity contribution >= 4 is 23.2 Å². The molecule has 0 saturated heterocycles. The third-order valence-corrected chi connectivity index (χ3v) is 7.25. The molecule has 1 saturated carbocycles. The summed E-state index contributed by atoms with van der Waals surface area (Å²) in [5.41, 5.74) is 1.16. The van der Waals surface area contributed by atoms with Crippen LogP contribution in [0.5, 0.6) is 5.75 Å². The van der Waals surface area contributed by atoms with E-state index in [9.17, 15) is 9.59 Å². The molecule has 0 bridgehead atoms. The number of fused-ring (bicyclic) bond motifs is 1. The van der Waals surface area contributed by atoms with Gasteiger partial charge in [-0.15, -0.1) is 17.9 Å². The van der Waals surface area contributed by atoms with Crippen molar-refractivity contribution in [2.45, 2.75) is 38.1 Å². The Bertz CT molecular complexity index is 905. The first-order chi connectivity index (χ1) is 15.2. The second-order valence-corrected chi connectivity index (χ2v) is 9.27. The van der Waals surface area contributed by atoms with Crippen molar-refractivity contribution in [2.24, 2.45) is 5.92 Å². The number of hydrogen-bond donors (Lipinski definition) is 0. The van der Waals surface area contributed by atoms with Crippen LogP contribution in [0.2, 0.25) is 0 Å². The number of nitrogens with zero attached hydrogens (tertiary/aromatic N) is 2. The molecule has 2 heterocycles. The van der Waals surface area contributed by atoms with Crippen LogP contribution in [0.3, 0.4) is 0 Å².